The van der Waals surface area contributed by atoms with Gasteiger partial charge in [-0.25, -0.2) is 0 Å². The Bertz CT molecular complexity index is 579. The Morgan fingerprint density at radius 3 is 2.54 bits per heavy atom. The molecular formula is C21H32N4O. The number of rotatable bonds is 4. The van der Waals surface area contributed by atoms with Crippen LogP contribution in [0, 0.1) is 5.92 Å². The Morgan fingerprint density at radius 1 is 1.00 bits per heavy atom. The molecule has 1 aromatic heterocycles. The number of carbonyl (C=O) groups excluding carboxylic acids is 1. The minimum absolute atomic E-state index is 0.244. The van der Waals surface area contributed by atoms with Crippen LogP contribution in [0.25, 0.3) is 0 Å². The van der Waals surface area contributed by atoms with Crippen molar-refractivity contribution in [3.05, 3.63) is 30.1 Å². The lowest BCUT2D eigenvalue weighted by Gasteiger charge is -2.42. The summed E-state index contributed by atoms with van der Waals surface area (Å²) < 4.78 is 0. The standard InChI is InChI=1S/C21H32N4O/c26-21(24-11-3-4-12-24)18-6-5-13-25(16-18)20-8-14-23(15-9-20)17-19-7-1-2-10-22-19/h1-2,7,10,18,20H,3-6,8-9,11-17H2/t18-/m1/s1. The lowest BCUT2D eigenvalue weighted by atomic mass is 9.93. The van der Waals surface area contributed by atoms with Gasteiger partial charge >= 0.3 is 0 Å². The number of carbonyl (C=O) groups is 1. The van der Waals surface area contributed by atoms with Crippen LogP contribution in [-0.2, 0) is 11.3 Å². The second-order valence-corrected chi connectivity index (χ2v) is 8.19. The van der Waals surface area contributed by atoms with E-state index in [0.717, 1.165) is 45.7 Å². The fraction of sp³-hybridized carbons (Fsp3) is 0.714. The number of piperidine rings is 2. The molecule has 5 nitrogen and oxygen atoms in total. The van der Waals surface area contributed by atoms with Gasteiger partial charge in [0.15, 0.2) is 0 Å². The van der Waals surface area contributed by atoms with Gasteiger partial charge < -0.3 is 4.90 Å². The molecule has 26 heavy (non-hydrogen) atoms. The minimum Gasteiger partial charge on any atom is -0.342 e. The van der Waals surface area contributed by atoms with Crippen molar-refractivity contribution >= 4 is 5.91 Å². The Labute approximate surface area is 157 Å². The maximum Gasteiger partial charge on any atom is 0.226 e. The summed E-state index contributed by atoms with van der Waals surface area (Å²) in [5.41, 5.74) is 1.17. The predicted octanol–water partition coefficient (Wildman–Crippen LogP) is 2.38. The predicted molar refractivity (Wildman–Crippen MR) is 103 cm³/mol. The van der Waals surface area contributed by atoms with Gasteiger partial charge in [-0.15, -0.1) is 0 Å². The van der Waals surface area contributed by atoms with E-state index >= 15 is 0 Å². The molecule has 1 aromatic rings. The van der Waals surface area contributed by atoms with Gasteiger partial charge in [0.05, 0.1) is 11.6 Å². The molecule has 3 fully saturated rings. The first-order valence-electron chi connectivity index (χ1n) is 10.4. The molecule has 3 saturated heterocycles. The van der Waals surface area contributed by atoms with E-state index in [9.17, 15) is 4.79 Å². The zero-order valence-electron chi connectivity index (χ0n) is 15.9. The smallest absolute Gasteiger partial charge is 0.226 e. The molecule has 4 rings (SSSR count). The fourth-order valence-electron chi connectivity index (χ4n) is 4.90. The number of hydrogen-bond acceptors (Lipinski definition) is 4. The van der Waals surface area contributed by atoms with Crippen molar-refractivity contribution in [1.82, 2.24) is 19.7 Å². The number of pyridine rings is 1. The third-order valence-corrected chi connectivity index (χ3v) is 6.41. The third-order valence-electron chi connectivity index (χ3n) is 6.41. The highest BCUT2D eigenvalue weighted by Crippen LogP contribution is 2.26. The van der Waals surface area contributed by atoms with Gasteiger partial charge in [-0.1, -0.05) is 6.07 Å². The average molecular weight is 357 g/mol. The van der Waals surface area contributed by atoms with Gasteiger partial charge in [-0.2, -0.15) is 0 Å². The zero-order chi connectivity index (χ0) is 17.8. The molecule has 0 N–H and O–H groups in total. The zero-order valence-corrected chi connectivity index (χ0v) is 15.9. The van der Waals surface area contributed by atoms with Crippen LogP contribution in [0.5, 0.6) is 0 Å². The molecular weight excluding hydrogens is 324 g/mol. The Morgan fingerprint density at radius 2 is 1.81 bits per heavy atom. The Balaban J connectivity index is 1.26. The van der Waals surface area contributed by atoms with Crippen molar-refractivity contribution in [2.75, 3.05) is 39.3 Å². The molecule has 1 amide bonds. The topological polar surface area (TPSA) is 39.7 Å². The molecule has 0 spiro atoms. The number of nitrogens with zero attached hydrogens (tertiary/aromatic N) is 4. The van der Waals surface area contributed by atoms with Crippen LogP contribution in [0.15, 0.2) is 24.4 Å². The van der Waals surface area contributed by atoms with E-state index in [0.29, 0.717) is 11.9 Å². The Kier molecular flexibility index (Phi) is 5.85. The lowest BCUT2D eigenvalue weighted by Crippen LogP contribution is -2.51. The van der Waals surface area contributed by atoms with E-state index in [4.69, 9.17) is 0 Å². The first kappa shape index (κ1) is 17.9. The van der Waals surface area contributed by atoms with E-state index in [1.54, 1.807) is 0 Å². The SMILES string of the molecule is O=C([C@@H]1CCCN(C2CCN(Cc3ccccn3)CC2)C1)N1CCCC1. The van der Waals surface area contributed by atoms with E-state index in [1.807, 2.05) is 12.3 Å². The first-order valence-corrected chi connectivity index (χ1v) is 10.4. The second-order valence-electron chi connectivity index (χ2n) is 8.19. The number of aromatic nitrogens is 1. The molecule has 1 atom stereocenters. The van der Waals surface area contributed by atoms with Gasteiger partial charge in [0.2, 0.25) is 5.91 Å². The van der Waals surface area contributed by atoms with Crippen molar-refractivity contribution in [3.63, 3.8) is 0 Å². The fourth-order valence-corrected chi connectivity index (χ4v) is 4.90. The lowest BCUT2D eigenvalue weighted by molar-refractivity contribution is -0.136. The summed E-state index contributed by atoms with van der Waals surface area (Å²) in [6, 6.07) is 6.82. The normalized spacial score (nSPS) is 26.3. The highest BCUT2D eigenvalue weighted by atomic mass is 16.2. The summed E-state index contributed by atoms with van der Waals surface area (Å²) in [5.74, 6) is 0.674. The molecule has 142 valence electrons. The molecule has 5 heteroatoms. The van der Waals surface area contributed by atoms with Crippen LogP contribution in [0.4, 0.5) is 0 Å². The largest absolute Gasteiger partial charge is 0.342 e. The van der Waals surface area contributed by atoms with Crippen molar-refractivity contribution in [2.45, 2.75) is 51.1 Å². The molecule has 0 aromatic carbocycles. The van der Waals surface area contributed by atoms with Gasteiger partial charge in [0.1, 0.15) is 0 Å². The van der Waals surface area contributed by atoms with Gasteiger partial charge in [-0.05, 0) is 57.2 Å². The van der Waals surface area contributed by atoms with E-state index < -0.39 is 0 Å². The molecule has 0 bridgehead atoms. The van der Waals surface area contributed by atoms with Crippen LogP contribution in [0.3, 0.4) is 0 Å². The molecule has 3 aliphatic heterocycles. The monoisotopic (exact) mass is 356 g/mol. The van der Waals surface area contributed by atoms with E-state index in [2.05, 4.69) is 31.8 Å². The summed E-state index contributed by atoms with van der Waals surface area (Å²) in [5, 5.41) is 0. The third kappa shape index (κ3) is 4.26. The molecule has 4 heterocycles. The molecule has 0 saturated carbocycles. The van der Waals surface area contributed by atoms with Crippen LogP contribution in [0.2, 0.25) is 0 Å². The molecule has 0 radical (unpaired) electrons. The van der Waals surface area contributed by atoms with Crippen molar-refractivity contribution in [1.29, 1.82) is 0 Å². The number of amides is 1. The molecule has 0 aliphatic carbocycles. The Hall–Kier alpha value is -1.46. The number of likely N-dealkylation sites (tertiary alicyclic amines) is 3. The first-order chi connectivity index (χ1) is 12.8. The van der Waals surface area contributed by atoms with Crippen LogP contribution < -0.4 is 0 Å². The summed E-state index contributed by atoms with van der Waals surface area (Å²) in [6.45, 7) is 7.38. The van der Waals surface area contributed by atoms with Crippen molar-refractivity contribution in [2.24, 2.45) is 5.92 Å². The van der Waals surface area contributed by atoms with Gasteiger partial charge in [0.25, 0.3) is 0 Å². The summed E-state index contributed by atoms with van der Waals surface area (Å²) >= 11 is 0. The highest BCUT2D eigenvalue weighted by Gasteiger charge is 2.34. The van der Waals surface area contributed by atoms with Crippen LogP contribution in [0.1, 0.15) is 44.2 Å². The van der Waals surface area contributed by atoms with Gasteiger partial charge in [-0.3, -0.25) is 19.6 Å². The summed E-state index contributed by atoms with van der Waals surface area (Å²) in [7, 11) is 0. The van der Waals surface area contributed by atoms with Crippen molar-refractivity contribution in [3.8, 4) is 0 Å². The molecule has 0 unspecified atom stereocenters. The van der Waals surface area contributed by atoms with Gasteiger partial charge in [0, 0.05) is 51.5 Å². The summed E-state index contributed by atoms with van der Waals surface area (Å²) in [6.07, 6.45) is 8.97. The van der Waals surface area contributed by atoms with Crippen molar-refractivity contribution < 1.29 is 4.79 Å². The van der Waals surface area contributed by atoms with E-state index in [1.165, 1.54) is 44.3 Å². The summed E-state index contributed by atoms with van der Waals surface area (Å²) in [4.78, 5) is 24.5. The average Bonchev–Trinajstić information content (AvgIpc) is 3.24. The van der Waals surface area contributed by atoms with E-state index in [-0.39, 0.29) is 5.92 Å². The van der Waals surface area contributed by atoms with Crippen LogP contribution >= 0.6 is 0 Å². The van der Waals surface area contributed by atoms with Crippen LogP contribution in [-0.4, -0.2) is 70.9 Å². The maximum atomic E-state index is 12.8. The maximum absolute atomic E-state index is 12.8. The highest BCUT2D eigenvalue weighted by molar-refractivity contribution is 5.79. The quantitative estimate of drug-likeness (QED) is 0.830. The molecule has 3 aliphatic rings. The second kappa shape index (κ2) is 8.49. The minimum atomic E-state index is 0.244. The number of hydrogen-bond donors (Lipinski definition) is 0.